The molecular formula is C22H29NO3. The predicted octanol–water partition coefficient (Wildman–Crippen LogP) is 3.66. The van der Waals surface area contributed by atoms with Crippen LogP contribution in [0.2, 0.25) is 0 Å². The number of para-hydroxylation sites is 1. The molecule has 0 aliphatic heterocycles. The fraction of sp³-hybridized carbons (Fsp3) is 0.455. The van der Waals surface area contributed by atoms with Crippen molar-refractivity contribution in [3.8, 4) is 11.5 Å². The Morgan fingerprint density at radius 2 is 1.92 bits per heavy atom. The van der Waals surface area contributed by atoms with Gasteiger partial charge in [0.15, 0.2) is 0 Å². The van der Waals surface area contributed by atoms with Crippen LogP contribution < -0.4 is 15.2 Å². The summed E-state index contributed by atoms with van der Waals surface area (Å²) >= 11 is 0. The number of hydrogen-bond acceptors (Lipinski definition) is 4. The van der Waals surface area contributed by atoms with Gasteiger partial charge in [-0.3, -0.25) is 0 Å². The van der Waals surface area contributed by atoms with E-state index >= 15 is 0 Å². The Labute approximate surface area is 155 Å². The van der Waals surface area contributed by atoms with E-state index in [0.717, 1.165) is 43.6 Å². The Balaban J connectivity index is 1.46. The second-order valence-electron chi connectivity index (χ2n) is 7.29. The van der Waals surface area contributed by atoms with E-state index in [-0.39, 0.29) is 6.61 Å². The van der Waals surface area contributed by atoms with Gasteiger partial charge >= 0.3 is 0 Å². The van der Waals surface area contributed by atoms with Gasteiger partial charge in [0.25, 0.3) is 0 Å². The first-order chi connectivity index (χ1) is 12.6. The van der Waals surface area contributed by atoms with E-state index in [1.165, 1.54) is 11.1 Å². The summed E-state index contributed by atoms with van der Waals surface area (Å²) < 4.78 is 11.3. The molecular weight excluding hydrogens is 326 g/mol. The monoisotopic (exact) mass is 355 g/mol. The number of benzene rings is 2. The molecule has 2 aromatic carbocycles. The number of ether oxygens (including phenoxy) is 2. The summed E-state index contributed by atoms with van der Waals surface area (Å²) in [5.41, 5.74) is 8.27. The number of aliphatic hydroxyl groups excluding tert-OH is 1. The van der Waals surface area contributed by atoms with Crippen molar-refractivity contribution in [3.63, 3.8) is 0 Å². The van der Waals surface area contributed by atoms with E-state index in [1.54, 1.807) is 7.11 Å². The van der Waals surface area contributed by atoms with Gasteiger partial charge in [-0.2, -0.15) is 0 Å². The molecule has 0 radical (unpaired) electrons. The summed E-state index contributed by atoms with van der Waals surface area (Å²) in [6.45, 7) is 0.744. The zero-order valence-corrected chi connectivity index (χ0v) is 15.5. The van der Waals surface area contributed by atoms with E-state index in [2.05, 4.69) is 18.2 Å². The molecule has 0 aromatic heterocycles. The molecule has 1 saturated carbocycles. The quantitative estimate of drug-likeness (QED) is 0.709. The van der Waals surface area contributed by atoms with Crippen molar-refractivity contribution >= 4 is 0 Å². The number of nitrogens with two attached hydrogens (primary N) is 1. The van der Waals surface area contributed by atoms with Crippen LogP contribution >= 0.6 is 0 Å². The minimum absolute atomic E-state index is 0.0664. The lowest BCUT2D eigenvalue weighted by atomic mass is 9.94. The number of rotatable bonds is 8. The van der Waals surface area contributed by atoms with Crippen molar-refractivity contribution in [1.29, 1.82) is 0 Å². The second kappa shape index (κ2) is 8.56. The SMILES string of the molecule is COc1ccccc1CCCOc1ccc([C@@H]2CC[C@](N)(CO)C2)cc1. The maximum Gasteiger partial charge on any atom is 0.122 e. The summed E-state index contributed by atoms with van der Waals surface area (Å²) in [6, 6.07) is 16.4. The zero-order chi connectivity index (χ0) is 18.4. The van der Waals surface area contributed by atoms with E-state index in [1.807, 2.05) is 30.3 Å². The second-order valence-corrected chi connectivity index (χ2v) is 7.29. The van der Waals surface area contributed by atoms with Crippen molar-refractivity contribution in [2.24, 2.45) is 5.73 Å². The first-order valence-corrected chi connectivity index (χ1v) is 9.38. The number of aryl methyl sites for hydroxylation is 1. The largest absolute Gasteiger partial charge is 0.496 e. The summed E-state index contributed by atoms with van der Waals surface area (Å²) in [5.74, 6) is 2.27. The van der Waals surface area contributed by atoms with E-state index in [0.29, 0.717) is 12.5 Å². The molecule has 0 unspecified atom stereocenters. The van der Waals surface area contributed by atoms with Crippen molar-refractivity contribution in [1.82, 2.24) is 0 Å². The van der Waals surface area contributed by atoms with E-state index in [9.17, 15) is 5.11 Å². The molecule has 1 fully saturated rings. The van der Waals surface area contributed by atoms with Gasteiger partial charge in [-0.05, 0) is 67.3 Å². The molecule has 4 nitrogen and oxygen atoms in total. The van der Waals surface area contributed by atoms with Gasteiger partial charge < -0.3 is 20.3 Å². The molecule has 0 bridgehead atoms. The molecule has 140 valence electrons. The van der Waals surface area contributed by atoms with Gasteiger partial charge in [0.1, 0.15) is 11.5 Å². The fourth-order valence-electron chi connectivity index (χ4n) is 3.78. The number of aliphatic hydroxyl groups is 1. The third-order valence-electron chi connectivity index (χ3n) is 5.36. The van der Waals surface area contributed by atoms with Crippen molar-refractivity contribution in [2.45, 2.75) is 43.6 Å². The maximum atomic E-state index is 9.42. The van der Waals surface area contributed by atoms with E-state index in [4.69, 9.17) is 15.2 Å². The lowest BCUT2D eigenvalue weighted by molar-refractivity contribution is 0.198. The first-order valence-electron chi connectivity index (χ1n) is 9.38. The highest BCUT2D eigenvalue weighted by atomic mass is 16.5. The molecule has 3 rings (SSSR count). The molecule has 3 N–H and O–H groups in total. The first kappa shape index (κ1) is 18.7. The number of methoxy groups -OCH3 is 1. The summed E-state index contributed by atoms with van der Waals surface area (Å²) in [6.07, 6.45) is 4.65. The third kappa shape index (κ3) is 4.57. The standard InChI is InChI=1S/C22H29NO3/c1-25-21-7-3-2-5-18(21)6-4-14-26-20-10-8-17(9-11-20)19-12-13-22(23,15-19)16-24/h2-3,5,7-11,19,24H,4,6,12-16,23H2,1H3/t19-,22-/m1/s1. The molecule has 0 amide bonds. The Bertz CT molecular complexity index is 701. The van der Waals surface area contributed by atoms with Crippen LogP contribution in [0.3, 0.4) is 0 Å². The summed E-state index contributed by atoms with van der Waals surface area (Å²) in [7, 11) is 1.70. The highest BCUT2D eigenvalue weighted by molar-refractivity contribution is 5.33. The molecule has 0 heterocycles. The third-order valence-corrected chi connectivity index (χ3v) is 5.36. The smallest absolute Gasteiger partial charge is 0.122 e. The minimum Gasteiger partial charge on any atom is -0.496 e. The van der Waals surface area contributed by atoms with Crippen LogP contribution in [0.1, 0.15) is 42.7 Å². The van der Waals surface area contributed by atoms with Crippen LogP contribution in [0.25, 0.3) is 0 Å². The maximum absolute atomic E-state index is 9.42. The molecule has 1 aliphatic rings. The van der Waals surface area contributed by atoms with Crippen LogP contribution in [-0.2, 0) is 6.42 Å². The van der Waals surface area contributed by atoms with Gasteiger partial charge in [-0.1, -0.05) is 30.3 Å². The van der Waals surface area contributed by atoms with Crippen LogP contribution in [0.15, 0.2) is 48.5 Å². The summed E-state index contributed by atoms with van der Waals surface area (Å²) in [4.78, 5) is 0. The van der Waals surface area contributed by atoms with Crippen LogP contribution in [0, 0.1) is 0 Å². The molecule has 26 heavy (non-hydrogen) atoms. The molecule has 2 atom stereocenters. The molecule has 2 aromatic rings. The van der Waals surface area contributed by atoms with Crippen LogP contribution in [0.5, 0.6) is 11.5 Å². The summed E-state index contributed by atoms with van der Waals surface area (Å²) in [5, 5.41) is 9.42. The zero-order valence-electron chi connectivity index (χ0n) is 15.5. The topological polar surface area (TPSA) is 64.7 Å². The molecule has 0 spiro atoms. The van der Waals surface area contributed by atoms with Crippen molar-refractivity contribution < 1.29 is 14.6 Å². The van der Waals surface area contributed by atoms with Crippen molar-refractivity contribution in [3.05, 3.63) is 59.7 Å². The Kier molecular flexibility index (Phi) is 6.17. The fourth-order valence-corrected chi connectivity index (χ4v) is 3.78. The number of hydrogen-bond donors (Lipinski definition) is 2. The van der Waals surface area contributed by atoms with Gasteiger partial charge in [0.2, 0.25) is 0 Å². The Hall–Kier alpha value is -2.04. The van der Waals surface area contributed by atoms with Gasteiger partial charge in [-0.25, -0.2) is 0 Å². The average molecular weight is 355 g/mol. The Morgan fingerprint density at radius 1 is 1.15 bits per heavy atom. The highest BCUT2D eigenvalue weighted by Gasteiger charge is 2.35. The lowest BCUT2D eigenvalue weighted by Gasteiger charge is -2.21. The van der Waals surface area contributed by atoms with Crippen LogP contribution in [-0.4, -0.2) is 31.0 Å². The van der Waals surface area contributed by atoms with Crippen LogP contribution in [0.4, 0.5) is 0 Å². The van der Waals surface area contributed by atoms with Crippen molar-refractivity contribution in [2.75, 3.05) is 20.3 Å². The average Bonchev–Trinajstić information content (AvgIpc) is 3.09. The van der Waals surface area contributed by atoms with Gasteiger partial charge in [0, 0.05) is 5.54 Å². The van der Waals surface area contributed by atoms with Gasteiger partial charge in [-0.15, -0.1) is 0 Å². The predicted molar refractivity (Wildman–Crippen MR) is 104 cm³/mol. The molecule has 0 saturated heterocycles. The van der Waals surface area contributed by atoms with Gasteiger partial charge in [0.05, 0.1) is 20.3 Å². The molecule has 4 heteroatoms. The van der Waals surface area contributed by atoms with E-state index < -0.39 is 5.54 Å². The molecule has 1 aliphatic carbocycles. The minimum atomic E-state index is -0.404. The lowest BCUT2D eigenvalue weighted by Crippen LogP contribution is -2.40. The Morgan fingerprint density at radius 3 is 2.62 bits per heavy atom. The normalized spacial score (nSPS) is 22.3. The highest BCUT2D eigenvalue weighted by Crippen LogP contribution is 2.39.